The lowest BCUT2D eigenvalue weighted by molar-refractivity contribution is -0.137. The number of hydrogen-bond donors (Lipinski definition) is 3. The zero-order valence-corrected chi connectivity index (χ0v) is 11.9. The molecule has 0 aromatic carbocycles. The molecule has 1 fully saturated rings. The van der Waals surface area contributed by atoms with E-state index in [2.05, 4.69) is 15.5 Å². The van der Waals surface area contributed by atoms with E-state index in [1.165, 1.54) is 0 Å². The second kappa shape index (κ2) is 8.52. The first kappa shape index (κ1) is 16.4. The van der Waals surface area contributed by atoms with Gasteiger partial charge in [0, 0.05) is 39.0 Å². The summed E-state index contributed by atoms with van der Waals surface area (Å²) in [6.07, 6.45) is 2.29. The molecule has 0 atom stereocenters. The molecule has 1 heterocycles. The zero-order chi connectivity index (χ0) is 15.0. The van der Waals surface area contributed by atoms with E-state index in [-0.39, 0.29) is 30.7 Å². The van der Waals surface area contributed by atoms with Crippen LogP contribution in [0.3, 0.4) is 0 Å². The summed E-state index contributed by atoms with van der Waals surface area (Å²) in [4.78, 5) is 35.3. The van der Waals surface area contributed by atoms with Gasteiger partial charge in [-0.3, -0.25) is 19.3 Å². The molecule has 0 unspecified atom stereocenters. The Morgan fingerprint density at radius 3 is 2.35 bits per heavy atom. The Bertz CT molecular complexity index is 352. The molecule has 2 amide bonds. The van der Waals surface area contributed by atoms with Crippen molar-refractivity contribution in [2.75, 3.05) is 26.7 Å². The zero-order valence-electron chi connectivity index (χ0n) is 11.9. The van der Waals surface area contributed by atoms with Crippen LogP contribution in [0.1, 0.15) is 32.1 Å². The number of rotatable bonds is 7. The summed E-state index contributed by atoms with van der Waals surface area (Å²) in [6, 6.07) is 0.133. The predicted molar refractivity (Wildman–Crippen MR) is 73.2 cm³/mol. The van der Waals surface area contributed by atoms with E-state index in [4.69, 9.17) is 5.11 Å². The minimum atomic E-state index is -0.875. The highest BCUT2D eigenvalue weighted by Crippen LogP contribution is 2.10. The molecule has 0 aliphatic carbocycles. The number of carbonyl (C=O) groups excluding carboxylic acids is 2. The normalized spacial score (nSPS) is 16.6. The van der Waals surface area contributed by atoms with E-state index >= 15 is 0 Å². The number of nitrogens with one attached hydrogen (secondary N) is 2. The molecular weight excluding hydrogens is 262 g/mol. The molecule has 20 heavy (non-hydrogen) atoms. The van der Waals surface area contributed by atoms with Gasteiger partial charge in [0.05, 0.1) is 6.54 Å². The van der Waals surface area contributed by atoms with E-state index in [1.54, 1.807) is 7.05 Å². The van der Waals surface area contributed by atoms with Crippen molar-refractivity contribution >= 4 is 17.8 Å². The fourth-order valence-electron chi connectivity index (χ4n) is 2.22. The molecule has 0 aromatic rings. The molecule has 1 rings (SSSR count). The summed E-state index contributed by atoms with van der Waals surface area (Å²) in [6.45, 7) is 1.97. The van der Waals surface area contributed by atoms with Gasteiger partial charge in [0.25, 0.3) is 0 Å². The van der Waals surface area contributed by atoms with Crippen LogP contribution in [0, 0.1) is 0 Å². The minimum Gasteiger partial charge on any atom is -0.481 e. The topological polar surface area (TPSA) is 98.7 Å². The number of aliphatic carboxylic acids is 1. The molecule has 114 valence electrons. The van der Waals surface area contributed by atoms with Gasteiger partial charge in [-0.1, -0.05) is 0 Å². The summed E-state index contributed by atoms with van der Waals surface area (Å²) in [5.41, 5.74) is 0. The number of piperidine rings is 1. The smallest absolute Gasteiger partial charge is 0.303 e. The van der Waals surface area contributed by atoms with Crippen LogP contribution in [-0.4, -0.2) is 60.5 Å². The Balaban J connectivity index is 2.16. The SMILES string of the molecule is CNC(=O)CN1CCC(NC(=O)CCCC(=O)O)CC1. The standard InChI is InChI=1S/C13H23N3O4/c1-14-12(18)9-16-7-5-10(6-8-16)15-11(17)3-2-4-13(19)20/h10H,2-9H2,1H3,(H,14,18)(H,15,17)(H,19,20). The van der Waals surface area contributed by atoms with Crippen molar-refractivity contribution in [2.45, 2.75) is 38.1 Å². The largest absolute Gasteiger partial charge is 0.481 e. The second-order valence-corrected chi connectivity index (χ2v) is 5.04. The summed E-state index contributed by atoms with van der Waals surface area (Å²) in [5.74, 6) is -0.961. The summed E-state index contributed by atoms with van der Waals surface area (Å²) in [7, 11) is 1.62. The number of carbonyl (C=O) groups is 3. The van der Waals surface area contributed by atoms with Crippen molar-refractivity contribution in [2.24, 2.45) is 0 Å². The lowest BCUT2D eigenvalue weighted by atomic mass is 10.0. The third-order valence-corrected chi connectivity index (χ3v) is 3.39. The van der Waals surface area contributed by atoms with E-state index in [1.807, 2.05) is 0 Å². The van der Waals surface area contributed by atoms with Gasteiger partial charge >= 0.3 is 5.97 Å². The fraction of sp³-hybridized carbons (Fsp3) is 0.769. The third-order valence-electron chi connectivity index (χ3n) is 3.39. The van der Waals surface area contributed by atoms with Crippen LogP contribution >= 0.6 is 0 Å². The minimum absolute atomic E-state index is 0.00107. The van der Waals surface area contributed by atoms with Crippen molar-refractivity contribution in [3.05, 3.63) is 0 Å². The van der Waals surface area contributed by atoms with Crippen LogP contribution in [0.15, 0.2) is 0 Å². The Hall–Kier alpha value is -1.63. The monoisotopic (exact) mass is 285 g/mol. The van der Waals surface area contributed by atoms with Gasteiger partial charge in [0.15, 0.2) is 0 Å². The average Bonchev–Trinajstić information content (AvgIpc) is 2.40. The molecular formula is C13H23N3O4. The molecule has 1 aliphatic heterocycles. The molecule has 0 bridgehead atoms. The number of carboxylic acids is 1. The van der Waals surface area contributed by atoms with E-state index in [0.29, 0.717) is 13.0 Å². The van der Waals surface area contributed by atoms with Gasteiger partial charge in [-0.05, 0) is 19.3 Å². The molecule has 0 saturated carbocycles. The quantitative estimate of drug-likeness (QED) is 0.589. The molecule has 1 aliphatic rings. The molecule has 7 nitrogen and oxygen atoms in total. The molecule has 1 saturated heterocycles. The Morgan fingerprint density at radius 2 is 1.80 bits per heavy atom. The second-order valence-electron chi connectivity index (χ2n) is 5.04. The Morgan fingerprint density at radius 1 is 1.15 bits per heavy atom. The first-order valence-electron chi connectivity index (χ1n) is 6.95. The molecule has 0 aromatic heterocycles. The van der Waals surface area contributed by atoms with Gasteiger partial charge in [0.1, 0.15) is 0 Å². The first-order chi connectivity index (χ1) is 9.51. The van der Waals surface area contributed by atoms with Crippen LogP contribution in [0.25, 0.3) is 0 Å². The molecule has 0 spiro atoms. The van der Waals surface area contributed by atoms with Crippen molar-refractivity contribution < 1.29 is 19.5 Å². The molecule has 7 heteroatoms. The average molecular weight is 285 g/mol. The summed E-state index contributed by atoms with van der Waals surface area (Å²) < 4.78 is 0. The van der Waals surface area contributed by atoms with Gasteiger partial charge in [0.2, 0.25) is 11.8 Å². The number of likely N-dealkylation sites (tertiary alicyclic amines) is 1. The maximum absolute atomic E-state index is 11.6. The van der Waals surface area contributed by atoms with Crippen LogP contribution in [0.4, 0.5) is 0 Å². The number of carboxylic acid groups (broad SMARTS) is 1. The summed E-state index contributed by atoms with van der Waals surface area (Å²) in [5, 5.41) is 14.0. The van der Waals surface area contributed by atoms with Gasteiger partial charge in [-0.25, -0.2) is 0 Å². The predicted octanol–water partition coefficient (Wildman–Crippen LogP) is -0.432. The van der Waals surface area contributed by atoms with Gasteiger partial charge in [-0.2, -0.15) is 0 Å². The maximum atomic E-state index is 11.6. The number of likely N-dealkylation sites (N-methyl/N-ethyl adjacent to an activating group) is 1. The van der Waals surface area contributed by atoms with Crippen LogP contribution in [0.5, 0.6) is 0 Å². The summed E-state index contributed by atoms with van der Waals surface area (Å²) >= 11 is 0. The van der Waals surface area contributed by atoms with Crippen molar-refractivity contribution in [3.63, 3.8) is 0 Å². The molecule has 3 N–H and O–H groups in total. The number of amides is 2. The fourth-order valence-corrected chi connectivity index (χ4v) is 2.22. The van der Waals surface area contributed by atoms with Crippen molar-refractivity contribution in [1.82, 2.24) is 15.5 Å². The van der Waals surface area contributed by atoms with Crippen molar-refractivity contribution in [3.8, 4) is 0 Å². The highest BCUT2D eigenvalue weighted by molar-refractivity contribution is 5.78. The number of hydrogen-bond acceptors (Lipinski definition) is 4. The lowest BCUT2D eigenvalue weighted by Gasteiger charge is -2.31. The van der Waals surface area contributed by atoms with Gasteiger partial charge in [-0.15, -0.1) is 0 Å². The van der Waals surface area contributed by atoms with Gasteiger partial charge < -0.3 is 15.7 Å². The maximum Gasteiger partial charge on any atom is 0.303 e. The highest BCUT2D eigenvalue weighted by Gasteiger charge is 2.21. The Labute approximate surface area is 118 Å². The Kier molecular flexibility index (Phi) is 7.00. The van der Waals surface area contributed by atoms with Crippen LogP contribution in [-0.2, 0) is 14.4 Å². The van der Waals surface area contributed by atoms with Crippen LogP contribution < -0.4 is 10.6 Å². The van der Waals surface area contributed by atoms with E-state index in [9.17, 15) is 14.4 Å². The lowest BCUT2D eigenvalue weighted by Crippen LogP contribution is -2.47. The van der Waals surface area contributed by atoms with E-state index < -0.39 is 5.97 Å². The molecule has 0 radical (unpaired) electrons. The third kappa shape index (κ3) is 6.51. The number of nitrogens with zero attached hydrogens (tertiary/aromatic N) is 1. The van der Waals surface area contributed by atoms with E-state index in [0.717, 1.165) is 25.9 Å². The van der Waals surface area contributed by atoms with Crippen molar-refractivity contribution in [1.29, 1.82) is 0 Å². The van der Waals surface area contributed by atoms with Crippen LogP contribution in [0.2, 0.25) is 0 Å². The first-order valence-corrected chi connectivity index (χ1v) is 6.95. The highest BCUT2D eigenvalue weighted by atomic mass is 16.4.